The van der Waals surface area contributed by atoms with Crippen LogP contribution in [0.1, 0.15) is 41.3 Å². The first-order valence-electron chi connectivity index (χ1n) is 7.47. The molecule has 0 bridgehead atoms. The first-order valence-corrected chi connectivity index (χ1v) is 8.45. The lowest BCUT2D eigenvalue weighted by atomic mass is 10.1. The lowest BCUT2D eigenvalue weighted by molar-refractivity contribution is -0.115. The third-order valence-corrected chi connectivity index (χ3v) is 4.71. The average molecular weight is 330 g/mol. The zero-order chi connectivity index (χ0) is 16.4. The topological polar surface area (TPSA) is 71.3 Å². The van der Waals surface area contributed by atoms with E-state index in [0.717, 1.165) is 22.2 Å². The van der Waals surface area contributed by atoms with Gasteiger partial charge in [0.15, 0.2) is 0 Å². The standard InChI is InChI=1S/C17H18N2O3S/c1-10-3-5-14(22-10)11(2)18-17(21)12-4-6-15-13(9-12)19-16(20)7-8-23-15/h3-6,9,11H,7-8H2,1-2H3,(H,18,21)(H,19,20)/t11-/m1/s1. The molecule has 1 atom stereocenters. The molecule has 23 heavy (non-hydrogen) atoms. The van der Waals surface area contributed by atoms with Crippen LogP contribution in [0.25, 0.3) is 0 Å². The van der Waals surface area contributed by atoms with Crippen molar-refractivity contribution in [2.75, 3.05) is 11.1 Å². The van der Waals surface area contributed by atoms with Crippen molar-refractivity contribution in [3.8, 4) is 0 Å². The molecule has 0 spiro atoms. The fourth-order valence-corrected chi connectivity index (χ4v) is 3.34. The molecular formula is C17H18N2O3S. The van der Waals surface area contributed by atoms with Gasteiger partial charge in [-0.2, -0.15) is 0 Å². The van der Waals surface area contributed by atoms with Gasteiger partial charge in [0.1, 0.15) is 11.5 Å². The maximum atomic E-state index is 12.4. The van der Waals surface area contributed by atoms with Crippen LogP contribution >= 0.6 is 11.8 Å². The highest BCUT2D eigenvalue weighted by Crippen LogP contribution is 2.31. The van der Waals surface area contributed by atoms with Gasteiger partial charge in [-0.15, -0.1) is 11.8 Å². The van der Waals surface area contributed by atoms with Crippen LogP contribution in [0.15, 0.2) is 39.6 Å². The van der Waals surface area contributed by atoms with Crippen molar-refractivity contribution in [2.24, 2.45) is 0 Å². The summed E-state index contributed by atoms with van der Waals surface area (Å²) in [5.41, 5.74) is 1.22. The van der Waals surface area contributed by atoms with Gasteiger partial charge in [-0.1, -0.05) is 0 Å². The van der Waals surface area contributed by atoms with Gasteiger partial charge in [-0.25, -0.2) is 0 Å². The van der Waals surface area contributed by atoms with Gasteiger partial charge >= 0.3 is 0 Å². The molecule has 6 heteroatoms. The fourth-order valence-electron chi connectivity index (χ4n) is 2.40. The van der Waals surface area contributed by atoms with E-state index in [9.17, 15) is 9.59 Å². The number of rotatable bonds is 3. The van der Waals surface area contributed by atoms with Crippen molar-refractivity contribution in [2.45, 2.75) is 31.2 Å². The summed E-state index contributed by atoms with van der Waals surface area (Å²) in [6.45, 7) is 3.74. The molecule has 1 aliphatic rings. The fraction of sp³-hybridized carbons (Fsp3) is 0.294. The van der Waals surface area contributed by atoms with Crippen molar-refractivity contribution >= 4 is 29.3 Å². The maximum absolute atomic E-state index is 12.4. The Balaban J connectivity index is 1.76. The largest absolute Gasteiger partial charge is 0.464 e. The number of amides is 2. The summed E-state index contributed by atoms with van der Waals surface area (Å²) >= 11 is 1.62. The van der Waals surface area contributed by atoms with Gasteiger partial charge in [0.25, 0.3) is 5.91 Å². The monoisotopic (exact) mass is 330 g/mol. The Labute approximate surface area is 138 Å². The van der Waals surface area contributed by atoms with Crippen LogP contribution in [-0.2, 0) is 4.79 Å². The molecule has 1 aromatic heterocycles. The van der Waals surface area contributed by atoms with Gasteiger partial charge in [0.05, 0.1) is 11.7 Å². The van der Waals surface area contributed by atoms with E-state index in [1.165, 1.54) is 0 Å². The Morgan fingerprint density at radius 1 is 1.35 bits per heavy atom. The number of hydrogen-bond donors (Lipinski definition) is 2. The summed E-state index contributed by atoms with van der Waals surface area (Å²) in [6.07, 6.45) is 0.482. The predicted molar refractivity (Wildman–Crippen MR) is 89.7 cm³/mol. The van der Waals surface area contributed by atoms with Gasteiger partial charge in [0, 0.05) is 22.6 Å². The normalized spacial score (nSPS) is 15.3. The molecule has 0 fully saturated rings. The summed E-state index contributed by atoms with van der Waals surface area (Å²) in [6, 6.07) is 8.88. The van der Waals surface area contributed by atoms with Crippen LogP contribution in [0.4, 0.5) is 5.69 Å². The number of nitrogens with one attached hydrogen (secondary N) is 2. The molecule has 0 saturated heterocycles. The Morgan fingerprint density at radius 3 is 2.91 bits per heavy atom. The molecule has 0 radical (unpaired) electrons. The number of hydrogen-bond acceptors (Lipinski definition) is 4. The summed E-state index contributed by atoms with van der Waals surface area (Å²) in [5.74, 6) is 2.06. The molecule has 2 amide bonds. The zero-order valence-corrected chi connectivity index (χ0v) is 13.8. The minimum atomic E-state index is -0.223. The van der Waals surface area contributed by atoms with Gasteiger partial charge in [0.2, 0.25) is 5.91 Å². The van der Waals surface area contributed by atoms with Crippen LogP contribution in [0.2, 0.25) is 0 Å². The Kier molecular flexibility index (Phi) is 4.43. The van der Waals surface area contributed by atoms with E-state index >= 15 is 0 Å². The minimum absolute atomic E-state index is 0.0202. The predicted octanol–water partition coefficient (Wildman–Crippen LogP) is 3.51. The molecule has 2 heterocycles. The zero-order valence-electron chi connectivity index (χ0n) is 13.0. The second-order valence-corrected chi connectivity index (χ2v) is 6.64. The first-order chi connectivity index (χ1) is 11.0. The average Bonchev–Trinajstić information content (AvgIpc) is 2.86. The molecule has 0 unspecified atom stereocenters. The molecule has 2 N–H and O–H groups in total. The van der Waals surface area contributed by atoms with E-state index in [1.54, 1.807) is 23.9 Å². The first kappa shape index (κ1) is 15.7. The molecule has 5 nitrogen and oxygen atoms in total. The molecular weight excluding hydrogens is 312 g/mol. The number of furan rings is 1. The van der Waals surface area contributed by atoms with Gasteiger partial charge in [-0.05, 0) is 44.2 Å². The van der Waals surface area contributed by atoms with Crippen LogP contribution in [0, 0.1) is 6.92 Å². The van der Waals surface area contributed by atoms with E-state index in [0.29, 0.717) is 17.7 Å². The lowest BCUT2D eigenvalue weighted by Gasteiger charge is -2.13. The number of anilines is 1. The molecule has 120 valence electrons. The lowest BCUT2D eigenvalue weighted by Crippen LogP contribution is -2.26. The van der Waals surface area contributed by atoms with Crippen molar-refractivity contribution < 1.29 is 14.0 Å². The van der Waals surface area contributed by atoms with Crippen molar-refractivity contribution in [1.29, 1.82) is 0 Å². The number of aryl methyl sites for hydroxylation is 1. The highest BCUT2D eigenvalue weighted by atomic mass is 32.2. The molecule has 1 aliphatic heterocycles. The Hall–Kier alpha value is -2.21. The second-order valence-electron chi connectivity index (χ2n) is 5.50. The molecule has 0 aliphatic carbocycles. The molecule has 0 saturated carbocycles. The van der Waals surface area contributed by atoms with Crippen molar-refractivity contribution in [1.82, 2.24) is 5.32 Å². The number of carbonyl (C=O) groups excluding carboxylic acids is 2. The number of thioether (sulfide) groups is 1. The summed E-state index contributed by atoms with van der Waals surface area (Å²) in [7, 11) is 0. The van der Waals surface area contributed by atoms with Crippen molar-refractivity contribution in [3.05, 3.63) is 47.4 Å². The van der Waals surface area contributed by atoms with Gasteiger partial charge in [-0.3, -0.25) is 9.59 Å². The quantitative estimate of drug-likeness (QED) is 0.903. The minimum Gasteiger partial charge on any atom is -0.464 e. The summed E-state index contributed by atoms with van der Waals surface area (Å²) < 4.78 is 5.53. The molecule has 1 aromatic carbocycles. The van der Waals surface area contributed by atoms with E-state index in [4.69, 9.17) is 4.42 Å². The highest BCUT2D eigenvalue weighted by Gasteiger charge is 2.18. The number of benzene rings is 1. The van der Waals surface area contributed by atoms with Gasteiger partial charge < -0.3 is 15.1 Å². The van der Waals surface area contributed by atoms with Crippen molar-refractivity contribution in [3.63, 3.8) is 0 Å². The SMILES string of the molecule is Cc1ccc([C@@H](C)NC(=O)c2ccc3c(c2)NC(=O)CCS3)o1. The number of carbonyl (C=O) groups is 2. The Bertz CT molecular complexity index is 754. The van der Waals surface area contributed by atoms with E-state index in [2.05, 4.69) is 10.6 Å². The van der Waals surface area contributed by atoms with E-state index in [1.807, 2.05) is 32.0 Å². The summed E-state index contributed by atoms with van der Waals surface area (Å²) in [4.78, 5) is 25.1. The third kappa shape index (κ3) is 3.59. The highest BCUT2D eigenvalue weighted by molar-refractivity contribution is 7.99. The Morgan fingerprint density at radius 2 is 2.17 bits per heavy atom. The number of fused-ring (bicyclic) bond motifs is 1. The van der Waals surface area contributed by atoms with Crippen LogP contribution in [0.5, 0.6) is 0 Å². The maximum Gasteiger partial charge on any atom is 0.251 e. The molecule has 2 aromatic rings. The van der Waals surface area contributed by atoms with Crippen LogP contribution < -0.4 is 10.6 Å². The smallest absolute Gasteiger partial charge is 0.251 e. The third-order valence-electron chi connectivity index (χ3n) is 3.64. The van der Waals surface area contributed by atoms with Crippen LogP contribution in [-0.4, -0.2) is 17.6 Å². The van der Waals surface area contributed by atoms with E-state index < -0.39 is 0 Å². The summed E-state index contributed by atoms with van der Waals surface area (Å²) in [5, 5.41) is 5.75. The van der Waals surface area contributed by atoms with E-state index in [-0.39, 0.29) is 17.9 Å². The van der Waals surface area contributed by atoms with Crippen LogP contribution in [0.3, 0.4) is 0 Å². The molecule has 3 rings (SSSR count). The second kappa shape index (κ2) is 6.50.